The molecule has 0 spiro atoms. The molecule has 1 N–H and O–H groups in total. The van der Waals surface area contributed by atoms with Gasteiger partial charge in [-0.1, -0.05) is 30.3 Å². The first-order valence-electron chi connectivity index (χ1n) is 9.60. The standard InChI is InChI=1S/C20H16F3N5O5/c21-20(22,23)16-6-5-14(8-24-16)13-3-1-12(2-4-13)7-25-19(29)33-15-9-27-10-17(28(30)31)26-18(27)32-11-15/h1-6,8,10,15H,7,9,11H2,(H,25,29)/t15-/m0/s1. The lowest BCUT2D eigenvalue weighted by molar-refractivity contribution is -0.389. The molecule has 1 atom stereocenters. The second-order valence-electron chi connectivity index (χ2n) is 7.11. The maximum atomic E-state index is 12.6. The van der Waals surface area contributed by atoms with Gasteiger partial charge in [0.2, 0.25) is 0 Å². The Hall–Kier alpha value is -4.16. The summed E-state index contributed by atoms with van der Waals surface area (Å²) in [4.78, 5) is 29.4. The number of rotatable bonds is 5. The molecule has 0 fully saturated rings. The second-order valence-corrected chi connectivity index (χ2v) is 7.11. The molecule has 2 aromatic heterocycles. The summed E-state index contributed by atoms with van der Waals surface area (Å²) in [5.74, 6) is -0.356. The third-order valence-corrected chi connectivity index (χ3v) is 4.76. The van der Waals surface area contributed by atoms with E-state index >= 15 is 0 Å². The van der Waals surface area contributed by atoms with Gasteiger partial charge in [-0.15, -0.1) is 0 Å². The van der Waals surface area contributed by atoms with Crippen LogP contribution in [-0.2, 0) is 24.0 Å². The van der Waals surface area contributed by atoms with Gasteiger partial charge in [0.15, 0.2) is 6.10 Å². The number of aromatic nitrogens is 3. The van der Waals surface area contributed by atoms with Crippen molar-refractivity contribution in [2.75, 3.05) is 6.61 Å². The van der Waals surface area contributed by atoms with Gasteiger partial charge >= 0.3 is 24.1 Å². The average molecular weight is 463 g/mol. The van der Waals surface area contributed by atoms with E-state index in [1.807, 2.05) is 0 Å². The minimum absolute atomic E-state index is 0.0114. The lowest BCUT2D eigenvalue weighted by Gasteiger charge is -2.22. The maximum Gasteiger partial charge on any atom is 0.433 e. The molecule has 0 unspecified atom stereocenters. The maximum absolute atomic E-state index is 12.6. The van der Waals surface area contributed by atoms with E-state index in [4.69, 9.17) is 9.47 Å². The monoisotopic (exact) mass is 463 g/mol. The zero-order valence-corrected chi connectivity index (χ0v) is 16.8. The molecule has 1 aliphatic heterocycles. The summed E-state index contributed by atoms with van der Waals surface area (Å²) in [6.45, 7) is 0.330. The molecule has 0 saturated carbocycles. The fourth-order valence-electron chi connectivity index (χ4n) is 3.15. The first-order valence-corrected chi connectivity index (χ1v) is 9.60. The molecule has 1 amide bonds. The van der Waals surface area contributed by atoms with Crippen molar-refractivity contribution < 1.29 is 32.4 Å². The summed E-state index contributed by atoms with van der Waals surface area (Å²) in [6.07, 6.45) is -3.49. The number of fused-ring (bicyclic) bond motifs is 1. The van der Waals surface area contributed by atoms with Crippen LogP contribution < -0.4 is 10.1 Å². The lowest BCUT2D eigenvalue weighted by atomic mass is 10.1. The van der Waals surface area contributed by atoms with Crippen LogP contribution in [0.3, 0.4) is 0 Å². The number of amides is 1. The van der Waals surface area contributed by atoms with E-state index in [1.165, 1.54) is 16.8 Å². The first-order chi connectivity index (χ1) is 15.7. The van der Waals surface area contributed by atoms with Crippen molar-refractivity contribution >= 4 is 11.9 Å². The van der Waals surface area contributed by atoms with Crippen molar-refractivity contribution in [2.45, 2.75) is 25.4 Å². The summed E-state index contributed by atoms with van der Waals surface area (Å²) in [5, 5.41) is 13.4. The number of nitrogens with zero attached hydrogens (tertiary/aromatic N) is 4. The molecule has 10 nitrogen and oxygen atoms in total. The summed E-state index contributed by atoms with van der Waals surface area (Å²) >= 11 is 0. The molecule has 3 heterocycles. The normalized spacial score (nSPS) is 15.3. The van der Waals surface area contributed by atoms with E-state index in [1.54, 1.807) is 24.3 Å². The number of alkyl halides is 3. The van der Waals surface area contributed by atoms with Gasteiger partial charge in [0.05, 0.1) is 6.54 Å². The number of hydrogen-bond acceptors (Lipinski definition) is 7. The molecule has 4 rings (SSSR count). The third kappa shape index (κ3) is 5.19. The van der Waals surface area contributed by atoms with Gasteiger partial charge in [-0.05, 0) is 22.1 Å². The highest BCUT2D eigenvalue weighted by molar-refractivity contribution is 5.67. The van der Waals surface area contributed by atoms with Crippen LogP contribution in [0.5, 0.6) is 6.01 Å². The SMILES string of the molecule is O=C(NCc1ccc(-c2ccc(C(F)(F)F)nc2)cc1)O[C@@H]1COc2nc([N+](=O)[O-])cn2C1. The fraction of sp³-hybridized carbons (Fsp3) is 0.250. The zero-order chi connectivity index (χ0) is 23.6. The Morgan fingerprint density at radius 2 is 1.97 bits per heavy atom. The number of hydrogen-bond donors (Lipinski definition) is 1. The quantitative estimate of drug-likeness (QED) is 0.454. The third-order valence-electron chi connectivity index (χ3n) is 4.76. The highest BCUT2D eigenvalue weighted by Gasteiger charge is 2.32. The average Bonchev–Trinajstić information content (AvgIpc) is 3.21. The van der Waals surface area contributed by atoms with E-state index in [9.17, 15) is 28.1 Å². The van der Waals surface area contributed by atoms with Crippen LogP contribution in [0.2, 0.25) is 0 Å². The molecule has 3 aromatic rings. The topological polar surface area (TPSA) is 121 Å². The van der Waals surface area contributed by atoms with Crippen LogP contribution in [0, 0.1) is 10.1 Å². The smallest absolute Gasteiger partial charge is 0.433 e. The molecular formula is C20H16F3N5O5. The van der Waals surface area contributed by atoms with E-state index in [2.05, 4.69) is 15.3 Å². The highest BCUT2D eigenvalue weighted by Crippen LogP contribution is 2.29. The molecule has 0 bridgehead atoms. The Bertz CT molecular complexity index is 1160. The van der Waals surface area contributed by atoms with Crippen molar-refractivity contribution in [3.63, 3.8) is 0 Å². The van der Waals surface area contributed by atoms with Crippen LogP contribution >= 0.6 is 0 Å². The van der Waals surface area contributed by atoms with E-state index in [-0.39, 0.29) is 31.5 Å². The zero-order valence-electron chi connectivity index (χ0n) is 16.8. The van der Waals surface area contributed by atoms with Gasteiger partial charge in [0, 0.05) is 23.3 Å². The van der Waals surface area contributed by atoms with E-state index in [0.29, 0.717) is 11.1 Å². The van der Waals surface area contributed by atoms with Crippen molar-refractivity contribution in [1.29, 1.82) is 0 Å². The Morgan fingerprint density at radius 3 is 2.61 bits per heavy atom. The van der Waals surface area contributed by atoms with Crippen LogP contribution in [0.1, 0.15) is 11.3 Å². The Labute approximate surface area is 184 Å². The number of benzene rings is 1. The summed E-state index contributed by atoms with van der Waals surface area (Å²) in [6, 6.07) is 9.19. The van der Waals surface area contributed by atoms with Crippen LogP contribution in [0.25, 0.3) is 11.1 Å². The lowest BCUT2D eigenvalue weighted by Crippen LogP contribution is -2.37. The van der Waals surface area contributed by atoms with Gasteiger partial charge in [-0.2, -0.15) is 13.2 Å². The Kier molecular flexibility index (Phi) is 5.85. The predicted octanol–water partition coefficient (Wildman–Crippen LogP) is 3.56. The number of nitro groups is 1. The summed E-state index contributed by atoms with van der Waals surface area (Å²) in [7, 11) is 0. The van der Waals surface area contributed by atoms with Gasteiger partial charge in [-0.3, -0.25) is 9.55 Å². The van der Waals surface area contributed by atoms with Crippen LogP contribution in [0.15, 0.2) is 48.8 Å². The predicted molar refractivity (Wildman–Crippen MR) is 106 cm³/mol. The molecule has 0 radical (unpaired) electrons. The molecule has 0 aliphatic carbocycles. The van der Waals surface area contributed by atoms with Crippen molar-refractivity contribution in [3.05, 3.63) is 70.2 Å². The number of nitrogens with one attached hydrogen (secondary N) is 1. The summed E-state index contributed by atoms with van der Waals surface area (Å²) < 4.78 is 49.8. The second kappa shape index (κ2) is 8.76. The van der Waals surface area contributed by atoms with E-state index < -0.39 is 29.0 Å². The minimum atomic E-state index is -4.49. The molecule has 33 heavy (non-hydrogen) atoms. The number of carbonyl (C=O) groups is 1. The minimum Gasteiger partial charge on any atom is -0.442 e. The number of pyridine rings is 1. The molecule has 172 valence electrons. The number of ether oxygens (including phenoxy) is 2. The largest absolute Gasteiger partial charge is 0.442 e. The Morgan fingerprint density at radius 1 is 1.24 bits per heavy atom. The number of carbonyl (C=O) groups excluding carboxylic acids is 1. The van der Waals surface area contributed by atoms with Crippen molar-refractivity contribution in [1.82, 2.24) is 19.9 Å². The van der Waals surface area contributed by atoms with Crippen molar-refractivity contribution in [2.24, 2.45) is 0 Å². The molecular weight excluding hydrogens is 447 g/mol. The molecule has 1 aromatic carbocycles. The number of halogens is 3. The van der Waals surface area contributed by atoms with Gasteiger partial charge in [-0.25, -0.2) is 4.79 Å². The number of imidazole rings is 1. The fourth-order valence-corrected chi connectivity index (χ4v) is 3.15. The van der Waals surface area contributed by atoms with Gasteiger partial charge in [0.25, 0.3) is 0 Å². The molecule has 0 saturated heterocycles. The molecule has 13 heteroatoms. The summed E-state index contributed by atoms with van der Waals surface area (Å²) in [5.41, 5.74) is 0.977. The first kappa shape index (κ1) is 22.0. The van der Waals surface area contributed by atoms with Crippen molar-refractivity contribution in [3.8, 4) is 17.1 Å². The van der Waals surface area contributed by atoms with Crippen LogP contribution in [-0.4, -0.2) is 38.3 Å². The molecule has 1 aliphatic rings. The van der Waals surface area contributed by atoms with E-state index in [0.717, 1.165) is 17.8 Å². The Balaban J connectivity index is 1.28. The van der Waals surface area contributed by atoms with Crippen LogP contribution in [0.4, 0.5) is 23.8 Å². The van der Waals surface area contributed by atoms with Gasteiger partial charge < -0.3 is 24.9 Å². The number of alkyl carbamates (subject to hydrolysis) is 1. The van der Waals surface area contributed by atoms with Gasteiger partial charge in [0.1, 0.15) is 18.5 Å². The highest BCUT2D eigenvalue weighted by atomic mass is 19.4.